The zero-order valence-electron chi connectivity index (χ0n) is 13.2. The van der Waals surface area contributed by atoms with E-state index >= 15 is 0 Å². The van der Waals surface area contributed by atoms with Gasteiger partial charge in [0, 0.05) is 6.54 Å². The van der Waals surface area contributed by atoms with Gasteiger partial charge >= 0.3 is 0 Å². The molecule has 1 fully saturated rings. The quantitative estimate of drug-likeness (QED) is 0.807. The van der Waals surface area contributed by atoms with Crippen molar-refractivity contribution in [1.29, 1.82) is 5.26 Å². The lowest BCUT2D eigenvalue weighted by atomic mass is 10.1. The van der Waals surface area contributed by atoms with Gasteiger partial charge in [-0.15, -0.1) is 5.10 Å². The Morgan fingerprint density at radius 1 is 1.42 bits per heavy atom. The van der Waals surface area contributed by atoms with E-state index in [9.17, 15) is 4.79 Å². The first-order valence-corrected chi connectivity index (χ1v) is 8.91. The van der Waals surface area contributed by atoms with Gasteiger partial charge in [-0.2, -0.15) is 5.26 Å². The van der Waals surface area contributed by atoms with Crippen LogP contribution in [0.4, 0.5) is 0 Å². The molecular formula is C16H18N6OS. The lowest BCUT2D eigenvalue weighted by Gasteiger charge is -2.10. The van der Waals surface area contributed by atoms with Crippen molar-refractivity contribution in [3.8, 4) is 6.07 Å². The summed E-state index contributed by atoms with van der Waals surface area (Å²) in [4.78, 5) is 12.0. The van der Waals surface area contributed by atoms with E-state index in [2.05, 4.69) is 26.9 Å². The minimum absolute atomic E-state index is 0.0802. The highest BCUT2D eigenvalue weighted by molar-refractivity contribution is 7.99. The Labute approximate surface area is 144 Å². The largest absolute Gasteiger partial charge is 0.351 e. The maximum atomic E-state index is 12.0. The van der Waals surface area contributed by atoms with E-state index in [1.54, 1.807) is 12.1 Å². The molecule has 8 heteroatoms. The van der Waals surface area contributed by atoms with Gasteiger partial charge in [0.15, 0.2) is 0 Å². The zero-order valence-corrected chi connectivity index (χ0v) is 14.0. The van der Waals surface area contributed by atoms with Gasteiger partial charge < -0.3 is 5.32 Å². The number of aromatic nitrogens is 4. The van der Waals surface area contributed by atoms with Gasteiger partial charge in [0.25, 0.3) is 0 Å². The number of hydrogen-bond donors (Lipinski definition) is 1. The summed E-state index contributed by atoms with van der Waals surface area (Å²) < 4.78 is 1.85. The predicted octanol–water partition coefficient (Wildman–Crippen LogP) is 2.07. The van der Waals surface area contributed by atoms with Crippen molar-refractivity contribution < 1.29 is 4.79 Å². The van der Waals surface area contributed by atoms with Crippen molar-refractivity contribution in [1.82, 2.24) is 25.5 Å². The maximum absolute atomic E-state index is 12.0. The van der Waals surface area contributed by atoms with Gasteiger partial charge in [-0.1, -0.05) is 36.7 Å². The molecule has 3 rings (SSSR count). The van der Waals surface area contributed by atoms with Crippen molar-refractivity contribution in [3.63, 3.8) is 0 Å². The third kappa shape index (κ3) is 4.11. The fraction of sp³-hybridized carbons (Fsp3) is 0.438. The highest BCUT2D eigenvalue weighted by Gasteiger charge is 2.22. The van der Waals surface area contributed by atoms with E-state index in [4.69, 9.17) is 5.26 Å². The molecular weight excluding hydrogens is 324 g/mol. The van der Waals surface area contributed by atoms with E-state index in [1.165, 1.54) is 24.6 Å². The molecule has 0 aliphatic heterocycles. The molecule has 2 aromatic rings. The standard InChI is InChI=1S/C16H18N6OS/c17-9-12-4-3-5-13(8-12)10-18-15(23)11-24-16-19-20-21-22(16)14-6-1-2-7-14/h3-5,8,14H,1-2,6-7,10-11H2,(H,18,23). The first-order valence-electron chi connectivity index (χ1n) is 7.92. The molecule has 1 aliphatic carbocycles. The van der Waals surface area contributed by atoms with Crippen LogP contribution in [-0.4, -0.2) is 31.9 Å². The van der Waals surface area contributed by atoms with Crippen LogP contribution in [0.1, 0.15) is 42.9 Å². The third-order valence-electron chi connectivity index (χ3n) is 4.01. The monoisotopic (exact) mass is 342 g/mol. The number of hydrogen-bond acceptors (Lipinski definition) is 6. The number of nitriles is 1. The minimum Gasteiger partial charge on any atom is -0.351 e. The van der Waals surface area contributed by atoms with Crippen LogP contribution in [0.2, 0.25) is 0 Å². The Bertz CT molecular complexity index is 747. The number of tetrazole rings is 1. The molecule has 1 N–H and O–H groups in total. The Morgan fingerprint density at radius 2 is 2.25 bits per heavy atom. The predicted molar refractivity (Wildman–Crippen MR) is 89.0 cm³/mol. The Balaban J connectivity index is 1.49. The van der Waals surface area contributed by atoms with Crippen LogP contribution in [0.5, 0.6) is 0 Å². The average molecular weight is 342 g/mol. The normalized spacial score (nSPS) is 14.5. The lowest BCUT2D eigenvalue weighted by Crippen LogP contribution is -2.24. The Kier molecular flexibility index (Phi) is 5.43. The summed E-state index contributed by atoms with van der Waals surface area (Å²) in [7, 11) is 0. The van der Waals surface area contributed by atoms with Crippen LogP contribution in [-0.2, 0) is 11.3 Å². The first-order chi connectivity index (χ1) is 11.8. The summed E-state index contributed by atoms with van der Waals surface area (Å²) in [6.07, 6.45) is 4.60. The molecule has 124 valence electrons. The number of nitrogens with zero attached hydrogens (tertiary/aromatic N) is 5. The third-order valence-corrected chi connectivity index (χ3v) is 4.94. The number of nitrogens with one attached hydrogen (secondary N) is 1. The van der Waals surface area contributed by atoms with Crippen molar-refractivity contribution in [2.75, 3.05) is 5.75 Å². The second-order valence-corrected chi connectivity index (χ2v) is 6.66. The van der Waals surface area contributed by atoms with E-state index < -0.39 is 0 Å². The topological polar surface area (TPSA) is 96.5 Å². The van der Waals surface area contributed by atoms with Gasteiger partial charge in [-0.25, -0.2) is 4.68 Å². The van der Waals surface area contributed by atoms with Crippen molar-refractivity contribution in [3.05, 3.63) is 35.4 Å². The molecule has 1 saturated carbocycles. The lowest BCUT2D eigenvalue weighted by molar-refractivity contribution is -0.118. The summed E-state index contributed by atoms with van der Waals surface area (Å²) in [6, 6.07) is 9.66. The van der Waals surface area contributed by atoms with Crippen molar-refractivity contribution in [2.45, 2.75) is 43.4 Å². The number of rotatable bonds is 6. The number of carbonyl (C=O) groups excluding carboxylic acids is 1. The fourth-order valence-electron chi connectivity index (χ4n) is 2.79. The molecule has 7 nitrogen and oxygen atoms in total. The van der Waals surface area contributed by atoms with E-state index in [-0.39, 0.29) is 11.7 Å². The van der Waals surface area contributed by atoms with Crippen LogP contribution in [0.25, 0.3) is 0 Å². The van der Waals surface area contributed by atoms with Crippen LogP contribution in [0.3, 0.4) is 0 Å². The summed E-state index contributed by atoms with van der Waals surface area (Å²) >= 11 is 1.35. The molecule has 0 spiro atoms. The van der Waals surface area contributed by atoms with Gasteiger partial charge in [0.05, 0.1) is 23.4 Å². The second-order valence-electron chi connectivity index (χ2n) is 5.72. The molecule has 0 radical (unpaired) electrons. The minimum atomic E-state index is -0.0802. The average Bonchev–Trinajstić information content (AvgIpc) is 3.29. The highest BCUT2D eigenvalue weighted by Crippen LogP contribution is 2.31. The number of amides is 1. The van der Waals surface area contributed by atoms with Gasteiger partial charge in [0.1, 0.15) is 0 Å². The summed E-state index contributed by atoms with van der Waals surface area (Å²) in [6.45, 7) is 0.405. The van der Waals surface area contributed by atoms with Crippen LogP contribution >= 0.6 is 11.8 Å². The van der Waals surface area contributed by atoms with Gasteiger partial charge in [-0.05, 0) is 41.0 Å². The molecule has 1 aromatic carbocycles. The van der Waals surface area contributed by atoms with Gasteiger partial charge in [-0.3, -0.25) is 4.79 Å². The zero-order chi connectivity index (χ0) is 16.8. The molecule has 0 unspecified atom stereocenters. The molecule has 24 heavy (non-hydrogen) atoms. The van der Waals surface area contributed by atoms with E-state index in [0.29, 0.717) is 23.3 Å². The van der Waals surface area contributed by atoms with E-state index in [1.807, 2.05) is 16.8 Å². The number of benzene rings is 1. The van der Waals surface area contributed by atoms with Crippen LogP contribution in [0, 0.1) is 11.3 Å². The SMILES string of the molecule is N#Cc1cccc(CNC(=O)CSc2nnnn2C2CCCC2)c1. The molecule has 0 bridgehead atoms. The fourth-order valence-corrected chi connectivity index (χ4v) is 3.57. The molecule has 0 atom stereocenters. The molecule has 0 saturated heterocycles. The van der Waals surface area contributed by atoms with Crippen LogP contribution in [0.15, 0.2) is 29.4 Å². The Morgan fingerprint density at radius 3 is 3.04 bits per heavy atom. The Hall–Kier alpha value is -2.40. The van der Waals surface area contributed by atoms with Gasteiger partial charge in [0.2, 0.25) is 11.1 Å². The number of carbonyl (C=O) groups is 1. The summed E-state index contributed by atoms with van der Waals surface area (Å²) in [5.74, 6) is 0.189. The van der Waals surface area contributed by atoms with Crippen LogP contribution < -0.4 is 5.32 Å². The summed E-state index contributed by atoms with van der Waals surface area (Å²) in [5, 5.41) is 24.3. The smallest absolute Gasteiger partial charge is 0.230 e. The molecule has 1 aromatic heterocycles. The first kappa shape index (κ1) is 16.5. The molecule has 1 heterocycles. The molecule has 1 aliphatic rings. The maximum Gasteiger partial charge on any atom is 0.230 e. The molecule has 1 amide bonds. The number of thioether (sulfide) groups is 1. The van der Waals surface area contributed by atoms with E-state index in [0.717, 1.165) is 18.4 Å². The van der Waals surface area contributed by atoms with Crippen molar-refractivity contribution in [2.24, 2.45) is 0 Å². The van der Waals surface area contributed by atoms with Crippen molar-refractivity contribution >= 4 is 17.7 Å². The second kappa shape index (κ2) is 7.93. The summed E-state index contributed by atoms with van der Waals surface area (Å²) in [5.41, 5.74) is 1.50. The highest BCUT2D eigenvalue weighted by atomic mass is 32.2.